The normalized spacial score (nSPS) is 15.2. The van der Waals surface area contributed by atoms with Gasteiger partial charge in [-0.2, -0.15) is 4.98 Å². The first-order valence-corrected chi connectivity index (χ1v) is 10.3. The van der Waals surface area contributed by atoms with Gasteiger partial charge in [-0.15, -0.1) is 0 Å². The highest BCUT2D eigenvalue weighted by Crippen LogP contribution is 2.36. The molecule has 0 atom stereocenters. The summed E-state index contributed by atoms with van der Waals surface area (Å²) in [6.45, 7) is 0. The number of benzene rings is 1. The van der Waals surface area contributed by atoms with Crippen LogP contribution in [-0.4, -0.2) is 28.0 Å². The summed E-state index contributed by atoms with van der Waals surface area (Å²) >= 11 is 0. The Hall–Kier alpha value is -3.69. The Morgan fingerprint density at radius 2 is 1.84 bits per heavy atom. The molecule has 31 heavy (non-hydrogen) atoms. The maximum atomic E-state index is 12.9. The molecule has 4 aromatic rings. The maximum Gasteiger partial charge on any atom is 0.332 e. The fourth-order valence-electron chi connectivity index (χ4n) is 4.68. The van der Waals surface area contributed by atoms with Crippen molar-refractivity contribution in [1.29, 1.82) is 0 Å². The van der Waals surface area contributed by atoms with E-state index < -0.39 is 16.2 Å². The molecule has 10 nitrogen and oxygen atoms in total. The lowest BCUT2D eigenvalue weighted by atomic mass is 9.95. The van der Waals surface area contributed by atoms with Crippen molar-refractivity contribution < 1.29 is 4.92 Å². The van der Waals surface area contributed by atoms with Gasteiger partial charge >= 0.3 is 5.69 Å². The molecule has 3 heterocycles. The number of aryl methyl sites for hydroxylation is 1. The zero-order valence-electron chi connectivity index (χ0n) is 17.3. The van der Waals surface area contributed by atoms with Crippen LogP contribution in [0.15, 0.2) is 40.1 Å². The minimum Gasteiger partial charge on any atom is -0.306 e. The first-order chi connectivity index (χ1) is 14.9. The molecule has 1 aromatic carbocycles. The van der Waals surface area contributed by atoms with Crippen LogP contribution in [0, 0.1) is 10.1 Å². The molecule has 1 aliphatic rings. The second-order valence-corrected chi connectivity index (χ2v) is 8.14. The van der Waals surface area contributed by atoms with Crippen LogP contribution in [0.1, 0.15) is 38.1 Å². The van der Waals surface area contributed by atoms with Gasteiger partial charge in [0.1, 0.15) is 0 Å². The Bertz CT molecular complexity index is 1470. The topological polar surface area (TPSA) is 109 Å². The monoisotopic (exact) mass is 422 g/mol. The second-order valence-electron chi connectivity index (χ2n) is 8.14. The zero-order valence-corrected chi connectivity index (χ0v) is 17.3. The standard InChI is InChI=1S/C21H22N6O4/c1-23-18-17(19(28)24(2)21(23)29)25-12-16(13-7-6-10-15(11-13)27(30)31)26(20(25)22-18)14-8-4-3-5-9-14/h6-7,10-12,14H,3-5,8-9H2,1-2H3. The molecule has 3 aromatic heterocycles. The highest BCUT2D eigenvalue weighted by Gasteiger charge is 2.26. The van der Waals surface area contributed by atoms with Crippen LogP contribution in [0.5, 0.6) is 0 Å². The van der Waals surface area contributed by atoms with Gasteiger partial charge in [-0.05, 0) is 12.8 Å². The lowest BCUT2D eigenvalue weighted by Crippen LogP contribution is -2.37. The lowest BCUT2D eigenvalue weighted by molar-refractivity contribution is -0.384. The molecule has 0 saturated heterocycles. The molecule has 0 radical (unpaired) electrons. The minimum atomic E-state index is -0.429. The van der Waals surface area contributed by atoms with Gasteiger partial charge in [-0.25, -0.2) is 4.79 Å². The van der Waals surface area contributed by atoms with Crippen molar-refractivity contribution in [1.82, 2.24) is 23.1 Å². The molecule has 160 valence electrons. The van der Waals surface area contributed by atoms with Crippen molar-refractivity contribution in [3.05, 3.63) is 61.4 Å². The third kappa shape index (κ3) is 2.82. The van der Waals surface area contributed by atoms with Crippen molar-refractivity contribution in [2.24, 2.45) is 14.1 Å². The van der Waals surface area contributed by atoms with Crippen molar-refractivity contribution in [3.63, 3.8) is 0 Å². The zero-order chi connectivity index (χ0) is 21.9. The Morgan fingerprint density at radius 3 is 2.55 bits per heavy atom. The van der Waals surface area contributed by atoms with Crippen LogP contribution < -0.4 is 11.2 Å². The fraction of sp³-hybridized carbons (Fsp3) is 0.381. The van der Waals surface area contributed by atoms with E-state index in [9.17, 15) is 19.7 Å². The van der Waals surface area contributed by atoms with Gasteiger partial charge in [0.15, 0.2) is 11.2 Å². The van der Waals surface area contributed by atoms with E-state index in [0.29, 0.717) is 22.5 Å². The van der Waals surface area contributed by atoms with Gasteiger partial charge in [-0.1, -0.05) is 31.4 Å². The number of nitro benzene ring substituents is 1. The summed E-state index contributed by atoms with van der Waals surface area (Å²) in [6, 6.07) is 6.66. The number of fused-ring (bicyclic) bond motifs is 3. The highest BCUT2D eigenvalue weighted by atomic mass is 16.6. The van der Waals surface area contributed by atoms with E-state index in [4.69, 9.17) is 4.98 Å². The number of aromatic nitrogens is 5. The first-order valence-electron chi connectivity index (χ1n) is 10.3. The molecule has 0 bridgehead atoms. The Balaban J connectivity index is 1.87. The first kappa shape index (κ1) is 19.3. The second kappa shape index (κ2) is 6.93. The maximum absolute atomic E-state index is 12.9. The van der Waals surface area contributed by atoms with Crippen LogP contribution in [-0.2, 0) is 14.1 Å². The molecule has 0 spiro atoms. The number of non-ortho nitro benzene ring substituents is 1. The molecule has 0 N–H and O–H groups in total. The summed E-state index contributed by atoms with van der Waals surface area (Å²) in [4.78, 5) is 40.9. The van der Waals surface area contributed by atoms with Crippen LogP contribution >= 0.6 is 0 Å². The number of nitro groups is 1. The van der Waals surface area contributed by atoms with Crippen LogP contribution in [0.4, 0.5) is 5.69 Å². The van der Waals surface area contributed by atoms with Crippen molar-refractivity contribution in [3.8, 4) is 11.3 Å². The smallest absolute Gasteiger partial charge is 0.306 e. The molecular formula is C21H22N6O4. The predicted octanol–water partition coefficient (Wildman–Crippen LogP) is 2.77. The highest BCUT2D eigenvalue weighted by molar-refractivity contribution is 5.78. The molecule has 0 unspecified atom stereocenters. The molecule has 10 heteroatoms. The third-order valence-electron chi connectivity index (χ3n) is 6.29. The van der Waals surface area contributed by atoms with E-state index in [1.165, 1.54) is 24.1 Å². The number of imidazole rings is 2. The molecule has 5 rings (SSSR count). The average molecular weight is 422 g/mol. The fourth-order valence-corrected chi connectivity index (χ4v) is 4.68. The number of rotatable bonds is 3. The molecule has 0 aliphatic heterocycles. The van der Waals surface area contributed by atoms with E-state index in [0.717, 1.165) is 35.9 Å². The predicted molar refractivity (Wildman–Crippen MR) is 115 cm³/mol. The van der Waals surface area contributed by atoms with Gasteiger partial charge in [-0.3, -0.25) is 28.4 Å². The van der Waals surface area contributed by atoms with E-state index in [1.54, 1.807) is 23.6 Å². The SMILES string of the molecule is Cn1c(=O)c2c(nc3n(C4CCCCC4)c(-c4cccc([N+](=O)[O-])c4)cn23)n(C)c1=O. The summed E-state index contributed by atoms with van der Waals surface area (Å²) in [6.07, 6.45) is 7.09. The summed E-state index contributed by atoms with van der Waals surface area (Å²) in [5.74, 6) is 0.571. The Morgan fingerprint density at radius 1 is 1.10 bits per heavy atom. The van der Waals surface area contributed by atoms with Crippen molar-refractivity contribution >= 4 is 22.6 Å². The number of nitrogens with zero attached hydrogens (tertiary/aromatic N) is 6. The molecule has 1 aliphatic carbocycles. The van der Waals surface area contributed by atoms with Crippen molar-refractivity contribution in [2.45, 2.75) is 38.1 Å². The van der Waals surface area contributed by atoms with Gasteiger partial charge in [0.2, 0.25) is 5.78 Å². The van der Waals surface area contributed by atoms with Gasteiger partial charge in [0.25, 0.3) is 11.2 Å². The van der Waals surface area contributed by atoms with E-state index in [2.05, 4.69) is 4.57 Å². The van der Waals surface area contributed by atoms with Gasteiger partial charge < -0.3 is 4.57 Å². The summed E-state index contributed by atoms with van der Waals surface area (Å²) in [5.41, 5.74) is 1.28. The molecule has 1 saturated carbocycles. The molecule has 0 amide bonds. The van der Waals surface area contributed by atoms with E-state index in [1.807, 2.05) is 12.3 Å². The van der Waals surface area contributed by atoms with Crippen LogP contribution in [0.2, 0.25) is 0 Å². The summed E-state index contributed by atoms with van der Waals surface area (Å²) in [7, 11) is 3.05. The minimum absolute atomic E-state index is 0.00898. The molecular weight excluding hydrogens is 400 g/mol. The largest absolute Gasteiger partial charge is 0.332 e. The number of hydrogen-bond donors (Lipinski definition) is 0. The van der Waals surface area contributed by atoms with Crippen LogP contribution in [0.3, 0.4) is 0 Å². The lowest BCUT2D eigenvalue weighted by Gasteiger charge is -2.25. The molecule has 1 fully saturated rings. The quantitative estimate of drug-likeness (QED) is 0.372. The van der Waals surface area contributed by atoms with Gasteiger partial charge in [0.05, 0.1) is 10.6 Å². The van der Waals surface area contributed by atoms with Crippen LogP contribution in [0.25, 0.3) is 28.2 Å². The van der Waals surface area contributed by atoms with Crippen molar-refractivity contribution in [2.75, 3.05) is 0 Å². The van der Waals surface area contributed by atoms with Gasteiger partial charge in [0, 0.05) is 44.0 Å². The van der Waals surface area contributed by atoms with E-state index >= 15 is 0 Å². The summed E-state index contributed by atoms with van der Waals surface area (Å²) < 4.78 is 6.26. The third-order valence-corrected chi connectivity index (χ3v) is 6.29. The Labute approximate surface area is 176 Å². The Kier molecular flexibility index (Phi) is 4.31. The summed E-state index contributed by atoms with van der Waals surface area (Å²) in [5, 5.41) is 11.3. The average Bonchev–Trinajstić information content (AvgIpc) is 3.33. The number of hydrogen-bond acceptors (Lipinski definition) is 5. The van der Waals surface area contributed by atoms with E-state index in [-0.39, 0.29) is 11.7 Å².